The summed E-state index contributed by atoms with van der Waals surface area (Å²) in [5, 5.41) is 3.80. The summed E-state index contributed by atoms with van der Waals surface area (Å²) in [5.74, 6) is 1.57. The van der Waals surface area contributed by atoms with Crippen molar-refractivity contribution in [3.8, 4) is 0 Å². The van der Waals surface area contributed by atoms with E-state index < -0.39 is 0 Å². The van der Waals surface area contributed by atoms with Crippen LogP contribution in [0.3, 0.4) is 0 Å². The molecule has 5 heteroatoms. The maximum absolute atomic E-state index is 6.13. The summed E-state index contributed by atoms with van der Waals surface area (Å²) in [6.07, 6.45) is 2.40. The number of ether oxygens (including phenoxy) is 1. The number of hydrogen-bond donors (Lipinski definition) is 1. The van der Waals surface area contributed by atoms with Gasteiger partial charge in [-0.25, -0.2) is 4.98 Å². The number of rotatable bonds is 5. The first-order valence-corrected chi connectivity index (χ1v) is 7.17. The zero-order valence-electron chi connectivity index (χ0n) is 11.7. The van der Waals surface area contributed by atoms with E-state index in [1.165, 1.54) is 6.42 Å². The molecule has 1 unspecified atom stereocenters. The summed E-state index contributed by atoms with van der Waals surface area (Å²) in [7, 11) is 3.97. The highest BCUT2D eigenvalue weighted by atomic mass is 35.5. The lowest BCUT2D eigenvalue weighted by Gasteiger charge is -2.28. The van der Waals surface area contributed by atoms with Crippen LogP contribution in [0.15, 0.2) is 12.1 Å². The highest BCUT2D eigenvalue weighted by Gasteiger charge is 2.17. The molecule has 0 radical (unpaired) electrons. The summed E-state index contributed by atoms with van der Waals surface area (Å²) >= 11 is 6.13. The summed E-state index contributed by atoms with van der Waals surface area (Å²) in [6.45, 7) is 3.44. The zero-order chi connectivity index (χ0) is 13.7. The fourth-order valence-electron chi connectivity index (χ4n) is 2.41. The third kappa shape index (κ3) is 4.06. The van der Waals surface area contributed by atoms with Crippen molar-refractivity contribution in [2.45, 2.75) is 19.4 Å². The van der Waals surface area contributed by atoms with Crippen LogP contribution in [-0.2, 0) is 11.3 Å². The van der Waals surface area contributed by atoms with Gasteiger partial charge in [0.15, 0.2) is 0 Å². The van der Waals surface area contributed by atoms with Crippen LogP contribution in [0.25, 0.3) is 0 Å². The minimum Gasteiger partial charge on any atom is -0.381 e. The number of nitrogens with zero attached hydrogens (tertiary/aromatic N) is 2. The lowest BCUT2D eigenvalue weighted by molar-refractivity contribution is 0.0576. The normalized spacial score (nSPS) is 19.4. The van der Waals surface area contributed by atoms with E-state index >= 15 is 0 Å². The quantitative estimate of drug-likeness (QED) is 0.900. The molecule has 1 atom stereocenters. The number of hydrogen-bond acceptors (Lipinski definition) is 4. The first kappa shape index (κ1) is 14.6. The molecule has 2 rings (SSSR count). The molecule has 0 aliphatic carbocycles. The smallest absolute Gasteiger partial charge is 0.128 e. The van der Waals surface area contributed by atoms with Crippen molar-refractivity contribution in [1.29, 1.82) is 0 Å². The highest BCUT2D eigenvalue weighted by molar-refractivity contribution is 6.31. The average Bonchev–Trinajstić information content (AvgIpc) is 2.42. The maximum Gasteiger partial charge on any atom is 0.128 e. The van der Waals surface area contributed by atoms with Crippen LogP contribution in [0.2, 0.25) is 5.02 Å². The van der Waals surface area contributed by atoms with Crippen LogP contribution in [0, 0.1) is 5.92 Å². The number of nitrogens with one attached hydrogen (secondary N) is 1. The van der Waals surface area contributed by atoms with E-state index in [4.69, 9.17) is 16.3 Å². The van der Waals surface area contributed by atoms with Crippen LogP contribution in [0.4, 0.5) is 5.82 Å². The molecule has 0 bridgehead atoms. The average molecular weight is 284 g/mol. The van der Waals surface area contributed by atoms with Crippen molar-refractivity contribution in [2.75, 3.05) is 38.8 Å². The lowest BCUT2D eigenvalue weighted by Crippen LogP contribution is -2.31. The van der Waals surface area contributed by atoms with Gasteiger partial charge in [-0.3, -0.25) is 0 Å². The Morgan fingerprint density at radius 3 is 3.05 bits per heavy atom. The predicted octanol–water partition coefficient (Wildman–Crippen LogP) is 2.32. The number of halogens is 1. The molecule has 4 nitrogen and oxygen atoms in total. The van der Waals surface area contributed by atoms with Crippen molar-refractivity contribution in [3.63, 3.8) is 0 Å². The van der Waals surface area contributed by atoms with Gasteiger partial charge in [0.25, 0.3) is 0 Å². The van der Waals surface area contributed by atoms with Gasteiger partial charge in [-0.05, 0) is 37.9 Å². The Hall–Kier alpha value is -0.840. The van der Waals surface area contributed by atoms with E-state index in [1.807, 2.05) is 19.2 Å². The van der Waals surface area contributed by atoms with Crippen molar-refractivity contribution >= 4 is 17.4 Å². The Morgan fingerprint density at radius 2 is 2.37 bits per heavy atom. The topological polar surface area (TPSA) is 37.4 Å². The third-order valence-electron chi connectivity index (χ3n) is 3.43. The highest BCUT2D eigenvalue weighted by Crippen LogP contribution is 2.21. The van der Waals surface area contributed by atoms with Crippen LogP contribution >= 0.6 is 11.6 Å². The van der Waals surface area contributed by atoms with Crippen molar-refractivity contribution in [2.24, 2.45) is 5.92 Å². The van der Waals surface area contributed by atoms with Gasteiger partial charge in [0.05, 0.1) is 17.3 Å². The van der Waals surface area contributed by atoms with Crippen molar-refractivity contribution in [3.05, 3.63) is 22.8 Å². The van der Waals surface area contributed by atoms with E-state index in [2.05, 4.69) is 22.2 Å². The van der Waals surface area contributed by atoms with E-state index in [-0.39, 0.29) is 0 Å². The molecule has 1 saturated heterocycles. The predicted molar refractivity (Wildman–Crippen MR) is 78.8 cm³/mol. The molecule has 0 saturated carbocycles. The van der Waals surface area contributed by atoms with E-state index in [0.717, 1.165) is 37.7 Å². The molecule has 0 amide bonds. The van der Waals surface area contributed by atoms with Gasteiger partial charge in [-0.2, -0.15) is 0 Å². The number of aromatic nitrogens is 1. The molecular weight excluding hydrogens is 262 g/mol. The molecule has 1 aliphatic rings. The van der Waals surface area contributed by atoms with E-state index in [0.29, 0.717) is 17.5 Å². The second-order valence-corrected chi connectivity index (χ2v) is 5.50. The molecule has 1 fully saturated rings. The molecule has 1 aliphatic heterocycles. The minimum absolute atomic E-state index is 0.601. The Labute approximate surface area is 120 Å². The largest absolute Gasteiger partial charge is 0.381 e. The summed E-state index contributed by atoms with van der Waals surface area (Å²) in [5.41, 5.74) is 0.897. The Morgan fingerprint density at radius 1 is 1.53 bits per heavy atom. The van der Waals surface area contributed by atoms with Crippen molar-refractivity contribution in [1.82, 2.24) is 10.3 Å². The minimum atomic E-state index is 0.601. The summed E-state index contributed by atoms with van der Waals surface area (Å²) in [4.78, 5) is 6.81. The Balaban J connectivity index is 2.01. The van der Waals surface area contributed by atoms with Crippen molar-refractivity contribution < 1.29 is 4.74 Å². The van der Waals surface area contributed by atoms with Crippen LogP contribution in [-0.4, -0.2) is 38.8 Å². The van der Waals surface area contributed by atoms with Crippen LogP contribution in [0.1, 0.15) is 18.5 Å². The maximum atomic E-state index is 6.13. The molecule has 2 heterocycles. The SMILES string of the molecule is CNCc1nc(N(C)CC2CCCOC2)ccc1Cl. The first-order valence-electron chi connectivity index (χ1n) is 6.79. The standard InChI is InChI=1S/C14H22ClN3O/c1-16-8-13-12(15)5-6-14(17-13)18(2)9-11-4-3-7-19-10-11/h5-6,11,16H,3-4,7-10H2,1-2H3. The molecule has 1 aromatic rings. The zero-order valence-corrected chi connectivity index (χ0v) is 12.4. The fourth-order valence-corrected chi connectivity index (χ4v) is 2.58. The third-order valence-corrected chi connectivity index (χ3v) is 3.77. The molecule has 106 valence electrons. The van der Waals surface area contributed by atoms with E-state index in [1.54, 1.807) is 0 Å². The van der Waals surface area contributed by atoms with Gasteiger partial charge in [-0.1, -0.05) is 11.6 Å². The second-order valence-electron chi connectivity index (χ2n) is 5.09. The number of anilines is 1. The monoisotopic (exact) mass is 283 g/mol. The second kappa shape index (κ2) is 7.08. The summed E-state index contributed by atoms with van der Waals surface area (Å²) < 4.78 is 5.52. The molecule has 1 aromatic heterocycles. The molecule has 1 N–H and O–H groups in total. The molecule has 0 aromatic carbocycles. The van der Waals surface area contributed by atoms with Gasteiger partial charge in [0.2, 0.25) is 0 Å². The lowest BCUT2D eigenvalue weighted by atomic mass is 10.0. The van der Waals surface area contributed by atoms with Gasteiger partial charge in [0, 0.05) is 26.7 Å². The summed E-state index contributed by atoms with van der Waals surface area (Å²) in [6, 6.07) is 3.90. The van der Waals surface area contributed by atoms with Gasteiger partial charge < -0.3 is 15.0 Å². The Bertz CT molecular complexity index is 408. The van der Waals surface area contributed by atoms with Gasteiger partial charge >= 0.3 is 0 Å². The molecule has 0 spiro atoms. The number of pyridine rings is 1. The molecule has 19 heavy (non-hydrogen) atoms. The fraction of sp³-hybridized carbons (Fsp3) is 0.643. The van der Waals surface area contributed by atoms with Crippen LogP contribution in [0.5, 0.6) is 0 Å². The van der Waals surface area contributed by atoms with Gasteiger partial charge in [0.1, 0.15) is 5.82 Å². The van der Waals surface area contributed by atoms with Gasteiger partial charge in [-0.15, -0.1) is 0 Å². The molecular formula is C14H22ClN3O. The Kier molecular flexibility index (Phi) is 5.43. The van der Waals surface area contributed by atoms with E-state index in [9.17, 15) is 0 Å². The first-order chi connectivity index (χ1) is 9.20. The van der Waals surface area contributed by atoms with Crippen LogP contribution < -0.4 is 10.2 Å².